The predicted octanol–water partition coefficient (Wildman–Crippen LogP) is 1.11. The van der Waals surface area contributed by atoms with Gasteiger partial charge in [0.2, 0.25) is 0 Å². The summed E-state index contributed by atoms with van der Waals surface area (Å²) in [4.78, 5) is 22.9. The summed E-state index contributed by atoms with van der Waals surface area (Å²) in [6, 6.07) is -0.392. The molecule has 0 aliphatic carbocycles. The summed E-state index contributed by atoms with van der Waals surface area (Å²) in [6.07, 6.45) is 1.53. The second-order valence-electron chi connectivity index (χ2n) is 3.10. The molecule has 1 rings (SSSR count). The summed E-state index contributed by atoms with van der Waals surface area (Å²) in [5, 5.41) is 8.73. The Labute approximate surface area is 71.2 Å². The molecule has 1 unspecified atom stereocenters. The van der Waals surface area contributed by atoms with Crippen LogP contribution in [0.25, 0.3) is 0 Å². The summed E-state index contributed by atoms with van der Waals surface area (Å²) in [7, 11) is 0. The molecule has 1 fully saturated rings. The molecular formula is C8H13NO3. The Bertz CT molecular complexity index is 180. The molecule has 1 amide bonds. The SMILES string of the molecule is CC(=O)C1CCCCN1C(=O)O. The second kappa shape index (κ2) is 3.56. The monoisotopic (exact) mass is 171 g/mol. The molecule has 0 aromatic rings. The van der Waals surface area contributed by atoms with Crippen molar-refractivity contribution in [1.29, 1.82) is 0 Å². The number of hydrogen-bond donors (Lipinski definition) is 1. The first-order chi connectivity index (χ1) is 5.63. The molecule has 0 spiro atoms. The van der Waals surface area contributed by atoms with Crippen LogP contribution in [0, 0.1) is 0 Å². The van der Waals surface area contributed by atoms with Crippen LogP contribution < -0.4 is 0 Å². The highest BCUT2D eigenvalue weighted by atomic mass is 16.4. The van der Waals surface area contributed by atoms with Crippen molar-refractivity contribution in [3.63, 3.8) is 0 Å². The van der Waals surface area contributed by atoms with E-state index in [4.69, 9.17) is 5.11 Å². The third-order valence-electron chi connectivity index (χ3n) is 2.22. The first-order valence-electron chi connectivity index (χ1n) is 4.13. The number of amides is 1. The van der Waals surface area contributed by atoms with Crippen molar-refractivity contribution in [2.75, 3.05) is 6.54 Å². The molecule has 1 aliphatic rings. The zero-order valence-corrected chi connectivity index (χ0v) is 7.12. The van der Waals surface area contributed by atoms with Crippen molar-refractivity contribution >= 4 is 11.9 Å². The second-order valence-corrected chi connectivity index (χ2v) is 3.10. The van der Waals surface area contributed by atoms with Gasteiger partial charge in [0, 0.05) is 6.54 Å². The third kappa shape index (κ3) is 1.75. The minimum atomic E-state index is -0.977. The molecule has 4 nitrogen and oxygen atoms in total. The lowest BCUT2D eigenvalue weighted by Gasteiger charge is -2.31. The van der Waals surface area contributed by atoms with E-state index in [1.807, 2.05) is 0 Å². The van der Waals surface area contributed by atoms with Crippen LogP contribution in [0.2, 0.25) is 0 Å². The first-order valence-corrected chi connectivity index (χ1v) is 4.13. The van der Waals surface area contributed by atoms with Crippen molar-refractivity contribution in [2.45, 2.75) is 32.2 Å². The molecule has 0 bridgehead atoms. The average Bonchev–Trinajstić information content (AvgIpc) is 2.04. The van der Waals surface area contributed by atoms with Crippen molar-refractivity contribution < 1.29 is 14.7 Å². The van der Waals surface area contributed by atoms with E-state index in [9.17, 15) is 9.59 Å². The molecule has 1 N–H and O–H groups in total. The van der Waals surface area contributed by atoms with E-state index in [0.29, 0.717) is 13.0 Å². The molecule has 1 aliphatic heterocycles. The number of likely N-dealkylation sites (tertiary alicyclic amines) is 1. The smallest absolute Gasteiger partial charge is 0.407 e. The van der Waals surface area contributed by atoms with Crippen LogP contribution in [0.1, 0.15) is 26.2 Å². The Morgan fingerprint density at radius 1 is 1.42 bits per heavy atom. The number of ketones is 1. The molecule has 1 atom stereocenters. The van der Waals surface area contributed by atoms with E-state index in [2.05, 4.69) is 0 Å². The molecular weight excluding hydrogens is 158 g/mol. The molecule has 0 aromatic carbocycles. The highest BCUT2D eigenvalue weighted by Crippen LogP contribution is 2.17. The van der Waals surface area contributed by atoms with Crippen LogP contribution in [0.15, 0.2) is 0 Å². The Balaban J connectivity index is 2.67. The van der Waals surface area contributed by atoms with Crippen LogP contribution in [0.3, 0.4) is 0 Å². The van der Waals surface area contributed by atoms with Gasteiger partial charge < -0.3 is 5.11 Å². The van der Waals surface area contributed by atoms with Gasteiger partial charge in [-0.25, -0.2) is 4.79 Å². The maximum absolute atomic E-state index is 11.0. The molecule has 0 aromatic heterocycles. The van der Waals surface area contributed by atoms with Gasteiger partial charge in [-0.15, -0.1) is 0 Å². The third-order valence-corrected chi connectivity index (χ3v) is 2.22. The van der Waals surface area contributed by atoms with Gasteiger partial charge in [-0.2, -0.15) is 0 Å². The van der Waals surface area contributed by atoms with Gasteiger partial charge in [0.1, 0.15) is 0 Å². The standard InChI is InChI=1S/C8H13NO3/c1-6(10)7-4-2-3-5-9(7)8(11)12/h7H,2-5H2,1H3,(H,11,12). The highest BCUT2D eigenvalue weighted by molar-refractivity contribution is 5.85. The number of rotatable bonds is 1. The molecule has 68 valence electrons. The van der Waals surface area contributed by atoms with E-state index in [0.717, 1.165) is 12.8 Å². The molecule has 1 heterocycles. The number of hydrogen-bond acceptors (Lipinski definition) is 2. The zero-order valence-electron chi connectivity index (χ0n) is 7.12. The Hall–Kier alpha value is -1.06. The van der Waals surface area contributed by atoms with Gasteiger partial charge in [0.25, 0.3) is 0 Å². The van der Waals surface area contributed by atoms with Gasteiger partial charge in [0.15, 0.2) is 5.78 Å². The normalized spacial score (nSPS) is 23.8. The van der Waals surface area contributed by atoms with E-state index in [1.165, 1.54) is 11.8 Å². The summed E-state index contributed by atoms with van der Waals surface area (Å²) >= 11 is 0. The number of carbonyl (C=O) groups excluding carboxylic acids is 1. The highest BCUT2D eigenvalue weighted by Gasteiger charge is 2.29. The van der Waals surface area contributed by atoms with Crippen molar-refractivity contribution in [1.82, 2.24) is 4.90 Å². The van der Waals surface area contributed by atoms with Crippen molar-refractivity contribution in [3.05, 3.63) is 0 Å². The fourth-order valence-corrected chi connectivity index (χ4v) is 1.58. The average molecular weight is 171 g/mol. The summed E-state index contributed by atoms with van der Waals surface area (Å²) in [5.41, 5.74) is 0. The van der Waals surface area contributed by atoms with E-state index < -0.39 is 12.1 Å². The summed E-state index contributed by atoms with van der Waals surface area (Å²) in [6.45, 7) is 1.95. The fraction of sp³-hybridized carbons (Fsp3) is 0.750. The molecule has 12 heavy (non-hydrogen) atoms. The van der Waals surface area contributed by atoms with Gasteiger partial charge >= 0.3 is 6.09 Å². The Morgan fingerprint density at radius 3 is 2.50 bits per heavy atom. The predicted molar refractivity (Wildman–Crippen MR) is 43.1 cm³/mol. The van der Waals surface area contributed by atoms with Crippen LogP contribution in [0.4, 0.5) is 4.79 Å². The van der Waals surface area contributed by atoms with Gasteiger partial charge in [-0.1, -0.05) is 0 Å². The van der Waals surface area contributed by atoms with Crippen LogP contribution in [0.5, 0.6) is 0 Å². The maximum Gasteiger partial charge on any atom is 0.407 e. The number of carbonyl (C=O) groups is 2. The topological polar surface area (TPSA) is 57.6 Å². The fourth-order valence-electron chi connectivity index (χ4n) is 1.58. The van der Waals surface area contributed by atoms with Gasteiger partial charge in [0.05, 0.1) is 6.04 Å². The molecule has 0 radical (unpaired) electrons. The van der Waals surface area contributed by atoms with E-state index in [-0.39, 0.29) is 5.78 Å². The van der Waals surface area contributed by atoms with Crippen molar-refractivity contribution in [2.24, 2.45) is 0 Å². The summed E-state index contributed by atoms with van der Waals surface area (Å²) < 4.78 is 0. The van der Waals surface area contributed by atoms with E-state index in [1.54, 1.807) is 0 Å². The lowest BCUT2D eigenvalue weighted by atomic mass is 10.00. The number of nitrogens with zero attached hydrogens (tertiary/aromatic N) is 1. The number of piperidine rings is 1. The van der Waals surface area contributed by atoms with Gasteiger partial charge in [-0.05, 0) is 26.2 Å². The van der Waals surface area contributed by atoms with Crippen molar-refractivity contribution in [3.8, 4) is 0 Å². The van der Waals surface area contributed by atoms with E-state index >= 15 is 0 Å². The molecule has 4 heteroatoms. The minimum Gasteiger partial charge on any atom is -0.465 e. The summed E-state index contributed by atoms with van der Waals surface area (Å²) in [5.74, 6) is -0.0444. The number of carboxylic acid groups (broad SMARTS) is 1. The van der Waals surface area contributed by atoms with Crippen LogP contribution in [-0.4, -0.2) is 34.5 Å². The Kier molecular flexibility index (Phi) is 2.68. The zero-order chi connectivity index (χ0) is 9.14. The van der Waals surface area contributed by atoms with Crippen LogP contribution >= 0.6 is 0 Å². The van der Waals surface area contributed by atoms with Crippen LogP contribution in [-0.2, 0) is 4.79 Å². The molecule has 0 saturated carbocycles. The quantitative estimate of drug-likeness (QED) is 0.642. The lowest BCUT2D eigenvalue weighted by Crippen LogP contribution is -2.46. The minimum absolute atomic E-state index is 0.0444. The largest absolute Gasteiger partial charge is 0.465 e. The first kappa shape index (κ1) is 9.03. The maximum atomic E-state index is 11.0. The lowest BCUT2D eigenvalue weighted by molar-refractivity contribution is -0.122. The molecule has 1 saturated heterocycles. The van der Waals surface area contributed by atoms with Gasteiger partial charge in [-0.3, -0.25) is 9.69 Å². The number of Topliss-reactive ketones (excluding diaryl/α,β-unsaturated/α-hetero) is 1. The Morgan fingerprint density at radius 2 is 2.08 bits per heavy atom.